The van der Waals surface area contributed by atoms with E-state index < -0.39 is 0 Å². The van der Waals surface area contributed by atoms with Crippen molar-refractivity contribution in [2.45, 2.75) is 0 Å². The van der Waals surface area contributed by atoms with Crippen LogP contribution < -0.4 is 0 Å². The fourth-order valence-electron chi connectivity index (χ4n) is 4.58. The number of nitrogens with zero attached hydrogens (tertiary/aromatic N) is 4. The first-order chi connectivity index (χ1) is 19.3. The van der Waals surface area contributed by atoms with Crippen molar-refractivity contribution in [1.29, 1.82) is 0 Å². The van der Waals surface area contributed by atoms with E-state index in [1.165, 1.54) is 5.56 Å². The molecule has 7 rings (SSSR count). The first kappa shape index (κ1) is 22.8. The molecule has 0 atom stereocenters. The highest BCUT2D eigenvalue weighted by molar-refractivity contribution is 5.77. The lowest BCUT2D eigenvalue weighted by Gasteiger charge is -2.09. The van der Waals surface area contributed by atoms with Gasteiger partial charge in [-0.15, -0.1) is 0 Å². The second-order valence-corrected chi connectivity index (χ2v) is 9.18. The summed E-state index contributed by atoms with van der Waals surface area (Å²) in [6, 6.07) is 44.3. The molecule has 0 bridgehead atoms. The minimum atomic E-state index is 0.562. The third-order valence-corrected chi connectivity index (χ3v) is 6.58. The molecule has 2 aromatic heterocycles. The van der Waals surface area contributed by atoms with Gasteiger partial charge in [-0.2, -0.15) is 0 Å². The molecule has 39 heavy (non-hydrogen) atoms. The fourth-order valence-corrected chi connectivity index (χ4v) is 4.58. The maximum absolute atomic E-state index is 6.01. The molecule has 0 saturated heterocycles. The average Bonchev–Trinajstić information content (AvgIpc) is 3.47. The maximum atomic E-state index is 6.01. The largest absolute Gasteiger partial charge is 0.436 e. The molecule has 0 radical (unpaired) electrons. The van der Waals surface area contributed by atoms with Gasteiger partial charge in [0, 0.05) is 22.3 Å². The molecule has 7 aromatic rings. The van der Waals surface area contributed by atoms with Gasteiger partial charge in [0.15, 0.2) is 23.1 Å². The SMILES string of the molecule is c1ccc(-c2ccc(-c3nc(-c4ccccc4)nc(-c4cccc(-c5nc6ccccc6o5)c4)n3)cc2)cc1. The van der Waals surface area contributed by atoms with Crippen molar-refractivity contribution in [3.8, 4) is 56.7 Å². The molecule has 0 spiro atoms. The Morgan fingerprint density at radius 1 is 0.359 bits per heavy atom. The molecule has 2 heterocycles. The van der Waals surface area contributed by atoms with Crippen LogP contribution in [0, 0.1) is 0 Å². The van der Waals surface area contributed by atoms with Gasteiger partial charge in [-0.05, 0) is 35.4 Å². The molecular formula is C34H22N4O. The van der Waals surface area contributed by atoms with Crippen molar-refractivity contribution in [2.75, 3.05) is 0 Å². The van der Waals surface area contributed by atoms with Crippen LogP contribution in [0.4, 0.5) is 0 Å². The zero-order valence-corrected chi connectivity index (χ0v) is 20.9. The summed E-state index contributed by atoms with van der Waals surface area (Å²) in [4.78, 5) is 19.3. The summed E-state index contributed by atoms with van der Waals surface area (Å²) in [5, 5.41) is 0. The van der Waals surface area contributed by atoms with Crippen LogP contribution in [0.3, 0.4) is 0 Å². The minimum Gasteiger partial charge on any atom is -0.436 e. The van der Waals surface area contributed by atoms with Crippen molar-refractivity contribution < 1.29 is 4.42 Å². The lowest BCUT2D eigenvalue weighted by molar-refractivity contribution is 0.620. The van der Waals surface area contributed by atoms with E-state index in [4.69, 9.17) is 19.4 Å². The van der Waals surface area contributed by atoms with E-state index in [1.807, 2.05) is 97.1 Å². The second-order valence-electron chi connectivity index (χ2n) is 9.18. The highest BCUT2D eigenvalue weighted by Gasteiger charge is 2.14. The topological polar surface area (TPSA) is 64.7 Å². The van der Waals surface area contributed by atoms with Gasteiger partial charge in [0.05, 0.1) is 0 Å². The van der Waals surface area contributed by atoms with Gasteiger partial charge in [-0.1, -0.05) is 109 Å². The molecule has 0 unspecified atom stereocenters. The van der Waals surface area contributed by atoms with Crippen LogP contribution in [-0.2, 0) is 0 Å². The number of para-hydroxylation sites is 2. The molecule has 184 valence electrons. The Labute approximate surface area is 225 Å². The Kier molecular flexibility index (Phi) is 5.72. The van der Waals surface area contributed by atoms with Gasteiger partial charge in [0.1, 0.15) is 5.52 Å². The van der Waals surface area contributed by atoms with Crippen molar-refractivity contribution in [3.63, 3.8) is 0 Å². The average molecular weight is 503 g/mol. The van der Waals surface area contributed by atoms with Gasteiger partial charge >= 0.3 is 0 Å². The van der Waals surface area contributed by atoms with Crippen LogP contribution in [0.2, 0.25) is 0 Å². The summed E-state index contributed by atoms with van der Waals surface area (Å²) in [5.41, 5.74) is 7.46. The molecule has 0 saturated carbocycles. The lowest BCUT2D eigenvalue weighted by Crippen LogP contribution is -2.00. The highest BCUT2D eigenvalue weighted by atomic mass is 16.3. The zero-order chi connectivity index (χ0) is 26.0. The van der Waals surface area contributed by atoms with E-state index in [0.717, 1.165) is 38.9 Å². The van der Waals surface area contributed by atoms with Crippen LogP contribution in [0.15, 0.2) is 138 Å². The van der Waals surface area contributed by atoms with Gasteiger partial charge in [0.2, 0.25) is 5.89 Å². The summed E-state index contributed by atoms with van der Waals surface area (Å²) in [5.74, 6) is 2.39. The summed E-state index contributed by atoms with van der Waals surface area (Å²) in [6.07, 6.45) is 0. The predicted molar refractivity (Wildman–Crippen MR) is 155 cm³/mol. The molecule has 0 aliphatic heterocycles. The molecule has 5 heteroatoms. The maximum Gasteiger partial charge on any atom is 0.227 e. The molecule has 0 N–H and O–H groups in total. The first-order valence-corrected chi connectivity index (χ1v) is 12.7. The van der Waals surface area contributed by atoms with Crippen molar-refractivity contribution >= 4 is 11.1 Å². The standard InChI is InChI=1S/C34H22N4O/c1-3-10-23(11-4-1)24-18-20-26(21-19-24)32-36-31(25-12-5-2-6-13-25)37-33(38-32)27-14-9-15-28(22-27)34-35-29-16-7-8-17-30(29)39-34/h1-22H. The summed E-state index contributed by atoms with van der Waals surface area (Å²) >= 11 is 0. The van der Waals surface area contributed by atoms with E-state index in [-0.39, 0.29) is 0 Å². The summed E-state index contributed by atoms with van der Waals surface area (Å²) in [7, 11) is 0. The van der Waals surface area contributed by atoms with Crippen LogP contribution >= 0.6 is 0 Å². The van der Waals surface area contributed by atoms with E-state index in [9.17, 15) is 0 Å². The van der Waals surface area contributed by atoms with Crippen LogP contribution in [0.5, 0.6) is 0 Å². The third-order valence-electron chi connectivity index (χ3n) is 6.58. The molecule has 5 nitrogen and oxygen atoms in total. The van der Waals surface area contributed by atoms with Crippen molar-refractivity contribution in [2.24, 2.45) is 0 Å². The Bertz CT molecular complexity index is 1860. The molecule has 0 aliphatic carbocycles. The first-order valence-electron chi connectivity index (χ1n) is 12.7. The van der Waals surface area contributed by atoms with Gasteiger partial charge < -0.3 is 4.42 Å². The van der Waals surface area contributed by atoms with E-state index in [0.29, 0.717) is 23.4 Å². The van der Waals surface area contributed by atoms with Gasteiger partial charge in [-0.3, -0.25) is 0 Å². The van der Waals surface area contributed by atoms with E-state index in [1.54, 1.807) is 0 Å². The number of hydrogen-bond acceptors (Lipinski definition) is 5. The molecule has 0 fully saturated rings. The molecule has 0 amide bonds. The monoisotopic (exact) mass is 502 g/mol. The quantitative estimate of drug-likeness (QED) is 0.237. The smallest absolute Gasteiger partial charge is 0.227 e. The fraction of sp³-hybridized carbons (Fsp3) is 0. The van der Waals surface area contributed by atoms with Crippen LogP contribution in [0.25, 0.3) is 67.8 Å². The highest BCUT2D eigenvalue weighted by Crippen LogP contribution is 2.30. The number of benzene rings is 5. The lowest BCUT2D eigenvalue weighted by atomic mass is 10.0. The predicted octanol–water partition coefficient (Wildman–Crippen LogP) is 8.35. The molecule has 5 aromatic carbocycles. The zero-order valence-electron chi connectivity index (χ0n) is 20.9. The minimum absolute atomic E-state index is 0.562. The number of fused-ring (bicyclic) bond motifs is 1. The normalized spacial score (nSPS) is 11.1. The van der Waals surface area contributed by atoms with Gasteiger partial charge in [-0.25, -0.2) is 19.9 Å². The number of aromatic nitrogens is 4. The second kappa shape index (κ2) is 9.80. The number of hydrogen-bond donors (Lipinski definition) is 0. The van der Waals surface area contributed by atoms with E-state index in [2.05, 4.69) is 41.4 Å². The summed E-state index contributed by atoms with van der Waals surface area (Å²) in [6.45, 7) is 0. The van der Waals surface area contributed by atoms with Crippen molar-refractivity contribution in [3.05, 3.63) is 133 Å². The van der Waals surface area contributed by atoms with Crippen LogP contribution in [-0.4, -0.2) is 19.9 Å². The Balaban J connectivity index is 1.32. The molecule has 0 aliphatic rings. The Morgan fingerprint density at radius 3 is 1.54 bits per heavy atom. The third kappa shape index (κ3) is 4.58. The van der Waals surface area contributed by atoms with Gasteiger partial charge in [0.25, 0.3) is 0 Å². The number of rotatable bonds is 5. The number of oxazole rings is 1. The Morgan fingerprint density at radius 2 is 0.846 bits per heavy atom. The molecular weight excluding hydrogens is 480 g/mol. The van der Waals surface area contributed by atoms with E-state index >= 15 is 0 Å². The van der Waals surface area contributed by atoms with Crippen molar-refractivity contribution in [1.82, 2.24) is 19.9 Å². The Hall–Kier alpha value is -5.42. The summed E-state index contributed by atoms with van der Waals surface area (Å²) < 4.78 is 6.01. The van der Waals surface area contributed by atoms with Crippen LogP contribution in [0.1, 0.15) is 0 Å².